The van der Waals surface area contributed by atoms with Crippen molar-refractivity contribution in [3.8, 4) is 0 Å². The lowest BCUT2D eigenvalue weighted by atomic mass is 9.97. The minimum absolute atomic E-state index is 0.0913. The Hall–Kier alpha value is -1.88. The largest absolute Gasteiger partial charge is 0.353 e. The van der Waals surface area contributed by atoms with Crippen LogP contribution in [-0.2, 0) is 11.3 Å². The van der Waals surface area contributed by atoms with Gasteiger partial charge in [0.05, 0.1) is 16.6 Å². The fourth-order valence-electron chi connectivity index (χ4n) is 2.59. The first-order valence-corrected chi connectivity index (χ1v) is 7.45. The van der Waals surface area contributed by atoms with E-state index in [0.717, 1.165) is 23.3 Å². The number of aromatic nitrogens is 2. The topological polar surface area (TPSA) is 72.9 Å². The highest BCUT2D eigenvalue weighted by Gasteiger charge is 2.26. The van der Waals surface area contributed by atoms with Gasteiger partial charge in [-0.05, 0) is 32.4 Å². The molecule has 21 heavy (non-hydrogen) atoms. The lowest BCUT2D eigenvalue weighted by Crippen LogP contribution is -2.52. The van der Waals surface area contributed by atoms with Crippen LogP contribution in [0, 0.1) is 6.92 Å². The molecule has 0 radical (unpaired) electrons. The highest BCUT2D eigenvalue weighted by molar-refractivity contribution is 5.85. The molecule has 0 bridgehead atoms. The Morgan fingerprint density at radius 2 is 2.14 bits per heavy atom. The predicted octanol–water partition coefficient (Wildman–Crippen LogP) is 1.98. The number of aryl methyl sites for hydroxylation is 1. The van der Waals surface area contributed by atoms with Crippen molar-refractivity contribution in [3.63, 3.8) is 0 Å². The Labute approximate surface area is 125 Å². The predicted molar refractivity (Wildman–Crippen MR) is 85.0 cm³/mol. The van der Waals surface area contributed by atoms with Gasteiger partial charge in [-0.15, -0.1) is 0 Å². The number of nitrogens with two attached hydrogens (primary N) is 1. The number of carbonyl (C=O) groups excluding carboxylic acids is 1. The van der Waals surface area contributed by atoms with Crippen LogP contribution in [0.4, 0.5) is 0 Å². The van der Waals surface area contributed by atoms with Crippen LogP contribution >= 0.6 is 0 Å². The number of benzene rings is 1. The van der Waals surface area contributed by atoms with E-state index in [4.69, 9.17) is 5.73 Å². The second-order valence-corrected chi connectivity index (χ2v) is 5.72. The summed E-state index contributed by atoms with van der Waals surface area (Å²) in [5.41, 5.74) is 7.30. The van der Waals surface area contributed by atoms with Gasteiger partial charge in [0.25, 0.3) is 0 Å². The number of nitrogens with zero attached hydrogens (tertiary/aromatic N) is 2. The van der Waals surface area contributed by atoms with E-state index in [1.54, 1.807) is 6.92 Å². The van der Waals surface area contributed by atoms with Crippen LogP contribution in [0.3, 0.4) is 0 Å². The number of hydrogen-bond acceptors (Lipinski definition) is 3. The van der Waals surface area contributed by atoms with E-state index in [1.165, 1.54) is 0 Å². The van der Waals surface area contributed by atoms with Gasteiger partial charge in [-0.25, -0.2) is 4.98 Å². The molecule has 0 aliphatic rings. The van der Waals surface area contributed by atoms with E-state index < -0.39 is 5.54 Å². The number of fused-ring (bicyclic) bond motifs is 1. The third-order valence-corrected chi connectivity index (χ3v) is 3.75. The molecule has 0 spiro atoms. The van der Waals surface area contributed by atoms with Crippen molar-refractivity contribution in [1.29, 1.82) is 0 Å². The van der Waals surface area contributed by atoms with E-state index >= 15 is 0 Å². The molecule has 5 heteroatoms. The minimum atomic E-state index is -0.791. The van der Waals surface area contributed by atoms with Crippen molar-refractivity contribution in [2.45, 2.75) is 45.7 Å². The van der Waals surface area contributed by atoms with Crippen LogP contribution in [0.1, 0.15) is 32.5 Å². The second-order valence-electron chi connectivity index (χ2n) is 5.72. The first-order valence-electron chi connectivity index (χ1n) is 7.45. The summed E-state index contributed by atoms with van der Waals surface area (Å²) in [6.07, 6.45) is 1.58. The Balaban J connectivity index is 2.00. The lowest BCUT2D eigenvalue weighted by molar-refractivity contribution is -0.126. The van der Waals surface area contributed by atoms with Gasteiger partial charge >= 0.3 is 0 Å². The highest BCUT2D eigenvalue weighted by atomic mass is 16.2. The van der Waals surface area contributed by atoms with Gasteiger partial charge in [0.2, 0.25) is 5.91 Å². The van der Waals surface area contributed by atoms with Gasteiger partial charge in [-0.3, -0.25) is 4.79 Å². The van der Waals surface area contributed by atoms with Crippen molar-refractivity contribution >= 4 is 16.9 Å². The summed E-state index contributed by atoms with van der Waals surface area (Å²) in [5, 5.41) is 2.93. The molecule has 0 fully saturated rings. The van der Waals surface area contributed by atoms with Crippen LogP contribution < -0.4 is 11.1 Å². The quantitative estimate of drug-likeness (QED) is 0.853. The van der Waals surface area contributed by atoms with Gasteiger partial charge in [-0.2, -0.15) is 0 Å². The zero-order valence-electron chi connectivity index (χ0n) is 13.0. The molecular formula is C16H24N4O. The summed E-state index contributed by atoms with van der Waals surface area (Å²) in [5.74, 6) is 0.862. The number of nitrogens with one attached hydrogen (secondary N) is 1. The monoisotopic (exact) mass is 288 g/mol. The molecule has 1 heterocycles. The van der Waals surface area contributed by atoms with Gasteiger partial charge < -0.3 is 15.6 Å². The van der Waals surface area contributed by atoms with Gasteiger partial charge in [0.15, 0.2) is 0 Å². The summed E-state index contributed by atoms with van der Waals surface area (Å²) in [4.78, 5) is 16.6. The molecule has 1 amide bonds. The molecule has 2 aromatic rings. The third kappa shape index (κ3) is 3.42. The minimum Gasteiger partial charge on any atom is -0.353 e. The first-order chi connectivity index (χ1) is 9.95. The summed E-state index contributed by atoms with van der Waals surface area (Å²) >= 11 is 0. The van der Waals surface area contributed by atoms with E-state index in [9.17, 15) is 4.79 Å². The Kier molecular flexibility index (Phi) is 4.63. The number of hydrogen-bond donors (Lipinski definition) is 2. The van der Waals surface area contributed by atoms with Gasteiger partial charge in [-0.1, -0.05) is 25.5 Å². The van der Waals surface area contributed by atoms with Crippen LogP contribution in [-0.4, -0.2) is 27.5 Å². The van der Waals surface area contributed by atoms with Crippen LogP contribution in [0.15, 0.2) is 24.3 Å². The molecule has 0 saturated carbocycles. The maximum atomic E-state index is 12.1. The number of rotatable bonds is 6. The average Bonchev–Trinajstić information content (AvgIpc) is 2.75. The van der Waals surface area contributed by atoms with Crippen molar-refractivity contribution < 1.29 is 4.79 Å². The molecule has 114 valence electrons. The molecule has 1 atom stereocenters. The summed E-state index contributed by atoms with van der Waals surface area (Å²) in [6.45, 7) is 7.03. The van der Waals surface area contributed by atoms with Gasteiger partial charge in [0, 0.05) is 13.1 Å². The summed E-state index contributed by atoms with van der Waals surface area (Å²) < 4.78 is 2.11. The maximum Gasteiger partial charge on any atom is 0.239 e. The Bertz CT molecular complexity index is 630. The van der Waals surface area contributed by atoms with Crippen molar-refractivity contribution in [2.24, 2.45) is 5.73 Å². The molecule has 1 unspecified atom stereocenters. The second kappa shape index (κ2) is 6.26. The molecule has 2 rings (SSSR count). The van der Waals surface area contributed by atoms with Crippen molar-refractivity contribution in [2.75, 3.05) is 6.54 Å². The fourth-order valence-corrected chi connectivity index (χ4v) is 2.59. The zero-order valence-corrected chi connectivity index (χ0v) is 13.0. The molecule has 3 N–H and O–H groups in total. The average molecular weight is 288 g/mol. The van der Waals surface area contributed by atoms with E-state index in [0.29, 0.717) is 19.5 Å². The number of para-hydroxylation sites is 2. The maximum absolute atomic E-state index is 12.1. The molecular weight excluding hydrogens is 264 g/mol. The SMILES string of the molecule is CCCC(C)(N)C(=O)NCCn1c(C)nc2ccccc21. The van der Waals surface area contributed by atoms with Crippen molar-refractivity contribution in [3.05, 3.63) is 30.1 Å². The molecule has 0 aliphatic carbocycles. The highest BCUT2D eigenvalue weighted by Crippen LogP contribution is 2.15. The summed E-state index contributed by atoms with van der Waals surface area (Å²) in [6, 6.07) is 8.01. The Morgan fingerprint density at radius 3 is 2.86 bits per heavy atom. The van der Waals surface area contributed by atoms with Crippen molar-refractivity contribution in [1.82, 2.24) is 14.9 Å². The number of imidazole rings is 1. The van der Waals surface area contributed by atoms with Crippen LogP contribution in [0.5, 0.6) is 0 Å². The van der Waals surface area contributed by atoms with E-state index in [1.807, 2.05) is 38.1 Å². The normalized spacial score (nSPS) is 14.1. The smallest absolute Gasteiger partial charge is 0.239 e. The zero-order chi connectivity index (χ0) is 15.5. The molecule has 5 nitrogen and oxygen atoms in total. The molecule has 1 aromatic heterocycles. The molecule has 0 saturated heterocycles. The molecule has 1 aromatic carbocycles. The third-order valence-electron chi connectivity index (χ3n) is 3.75. The first kappa shape index (κ1) is 15.5. The number of amides is 1. The van der Waals surface area contributed by atoms with Gasteiger partial charge in [0.1, 0.15) is 5.82 Å². The summed E-state index contributed by atoms with van der Waals surface area (Å²) in [7, 11) is 0. The molecule has 0 aliphatic heterocycles. The van der Waals surface area contributed by atoms with E-state index in [-0.39, 0.29) is 5.91 Å². The fraction of sp³-hybridized carbons (Fsp3) is 0.500. The van der Waals surface area contributed by atoms with E-state index in [2.05, 4.69) is 14.9 Å². The lowest BCUT2D eigenvalue weighted by Gasteiger charge is -2.23. The Morgan fingerprint density at radius 1 is 1.43 bits per heavy atom. The van der Waals surface area contributed by atoms with Crippen LogP contribution in [0.25, 0.3) is 11.0 Å². The number of carbonyl (C=O) groups is 1. The standard InChI is InChI=1S/C16H24N4O/c1-4-9-16(3,17)15(21)18-10-11-20-12(2)19-13-7-5-6-8-14(13)20/h5-8H,4,9-11,17H2,1-3H3,(H,18,21). The van der Waals surface area contributed by atoms with Crippen LogP contribution in [0.2, 0.25) is 0 Å².